The van der Waals surface area contributed by atoms with E-state index in [2.05, 4.69) is 16.0 Å². The Balaban J connectivity index is 1.69. The quantitative estimate of drug-likeness (QED) is 0.556. The summed E-state index contributed by atoms with van der Waals surface area (Å²) >= 11 is 0. The molecule has 3 N–H and O–H groups in total. The number of allylic oxidation sites excluding steroid dienone is 3. The second-order valence-electron chi connectivity index (χ2n) is 9.90. The number of amides is 3. The molecule has 0 aromatic rings. The summed E-state index contributed by atoms with van der Waals surface area (Å²) in [7, 11) is 1.69. The first-order valence-corrected chi connectivity index (χ1v) is 11.7. The molecule has 0 aromatic heterocycles. The van der Waals surface area contributed by atoms with Gasteiger partial charge in [0.2, 0.25) is 17.7 Å². The zero-order chi connectivity index (χ0) is 23.6. The molecule has 178 valence electrons. The highest BCUT2D eigenvalue weighted by molar-refractivity contribution is 5.93. The van der Waals surface area contributed by atoms with Gasteiger partial charge in [0.05, 0.1) is 6.04 Å². The molecule has 0 radical (unpaired) electrons. The van der Waals surface area contributed by atoms with Crippen LogP contribution in [0.2, 0.25) is 0 Å². The summed E-state index contributed by atoms with van der Waals surface area (Å²) in [5.74, 6) is -1.12. The van der Waals surface area contributed by atoms with Crippen LogP contribution >= 0.6 is 0 Å². The van der Waals surface area contributed by atoms with Crippen LogP contribution in [-0.2, 0) is 14.4 Å². The van der Waals surface area contributed by atoms with E-state index in [4.69, 9.17) is 0 Å². The van der Waals surface area contributed by atoms with Gasteiger partial charge in [0.1, 0.15) is 17.9 Å². The zero-order valence-electron chi connectivity index (χ0n) is 19.8. The second-order valence-corrected chi connectivity index (χ2v) is 9.90. The van der Waals surface area contributed by atoms with Crippen LogP contribution in [-0.4, -0.2) is 60.4 Å². The molecule has 1 aliphatic heterocycles. The van der Waals surface area contributed by atoms with Gasteiger partial charge in [-0.15, -0.1) is 0 Å². The molecule has 2 fully saturated rings. The number of halogens is 1. The molecule has 0 bridgehead atoms. The highest BCUT2D eigenvalue weighted by Gasteiger charge is 2.49. The lowest BCUT2D eigenvalue weighted by molar-refractivity contribution is -0.143. The van der Waals surface area contributed by atoms with Gasteiger partial charge in [-0.25, -0.2) is 4.39 Å². The van der Waals surface area contributed by atoms with Crippen molar-refractivity contribution in [2.45, 2.75) is 77.5 Å². The fraction of sp³-hybridized carbons (Fsp3) is 0.708. The third kappa shape index (κ3) is 4.60. The Morgan fingerprint density at radius 2 is 1.91 bits per heavy atom. The van der Waals surface area contributed by atoms with E-state index in [-0.39, 0.29) is 41.4 Å². The van der Waals surface area contributed by atoms with E-state index in [1.807, 2.05) is 26.8 Å². The van der Waals surface area contributed by atoms with Crippen molar-refractivity contribution in [1.82, 2.24) is 20.9 Å². The highest BCUT2D eigenvalue weighted by Crippen LogP contribution is 2.50. The smallest absolute Gasteiger partial charge is 0.246 e. The Labute approximate surface area is 190 Å². The van der Waals surface area contributed by atoms with Gasteiger partial charge in [-0.05, 0) is 51.6 Å². The summed E-state index contributed by atoms with van der Waals surface area (Å²) in [4.78, 5) is 40.6. The van der Waals surface area contributed by atoms with Crippen molar-refractivity contribution in [2.24, 2.45) is 17.3 Å². The van der Waals surface area contributed by atoms with E-state index in [1.165, 1.54) is 6.08 Å². The summed E-state index contributed by atoms with van der Waals surface area (Å²) in [6, 6.07) is -1.86. The van der Waals surface area contributed by atoms with E-state index < -0.39 is 23.5 Å². The number of nitrogens with zero attached hydrogens (tertiary/aromatic N) is 1. The molecule has 1 heterocycles. The Kier molecular flexibility index (Phi) is 7.43. The third-order valence-corrected chi connectivity index (χ3v) is 7.50. The van der Waals surface area contributed by atoms with Gasteiger partial charge in [0, 0.05) is 23.9 Å². The molecule has 0 aromatic carbocycles. The van der Waals surface area contributed by atoms with Crippen LogP contribution in [0.25, 0.3) is 0 Å². The minimum absolute atomic E-state index is 0.114. The van der Waals surface area contributed by atoms with Crippen molar-refractivity contribution in [2.75, 3.05) is 13.6 Å². The minimum Gasteiger partial charge on any atom is -0.351 e. The summed E-state index contributed by atoms with van der Waals surface area (Å²) in [5.41, 5.74) is -0.459. The fourth-order valence-corrected chi connectivity index (χ4v) is 5.23. The number of carbonyl (C=O) groups is 3. The first-order chi connectivity index (χ1) is 15.1. The summed E-state index contributed by atoms with van der Waals surface area (Å²) in [5, 5.41) is 8.85. The maximum absolute atomic E-state index is 14.3. The molecule has 1 saturated carbocycles. The van der Waals surface area contributed by atoms with E-state index in [0.717, 1.165) is 6.42 Å². The summed E-state index contributed by atoms with van der Waals surface area (Å²) in [6.07, 6.45) is 7.92. The maximum atomic E-state index is 14.3. The number of likely N-dealkylation sites (N-methyl/N-ethyl adjacent to an activating group) is 1. The van der Waals surface area contributed by atoms with E-state index in [1.54, 1.807) is 24.9 Å². The van der Waals surface area contributed by atoms with Crippen LogP contribution in [0.15, 0.2) is 24.1 Å². The van der Waals surface area contributed by atoms with Gasteiger partial charge >= 0.3 is 0 Å². The van der Waals surface area contributed by atoms with Crippen molar-refractivity contribution >= 4 is 17.7 Å². The standard InChI is InChI=1S/C24H37FN4O3/c1-14(2)20(28-21(30)15(3)26-5)23(32)29-13-7-9-18(29)22(31)27-19-11-10-16-17(25)8-6-12-24(16,19)4/h6,8,12,14-16,18-20,26H,7,9-11,13H2,1-5H3,(H,27,31)(H,28,30)/t15-,16?,18-,19?,20-,24?/m0/s1. The lowest BCUT2D eigenvalue weighted by Gasteiger charge is -2.37. The normalized spacial score (nSPS) is 31.2. The number of fused-ring (bicyclic) bond motifs is 1. The highest BCUT2D eigenvalue weighted by atomic mass is 19.1. The molecule has 1 saturated heterocycles. The number of hydrogen-bond acceptors (Lipinski definition) is 4. The minimum atomic E-state index is -0.694. The molecule has 8 heteroatoms. The summed E-state index contributed by atoms with van der Waals surface area (Å²) in [6.45, 7) is 7.98. The predicted molar refractivity (Wildman–Crippen MR) is 121 cm³/mol. The first kappa shape index (κ1) is 24.4. The average molecular weight is 449 g/mol. The monoisotopic (exact) mass is 448 g/mol. The van der Waals surface area contributed by atoms with Gasteiger partial charge in [0.25, 0.3) is 0 Å². The predicted octanol–water partition coefficient (Wildman–Crippen LogP) is 2.05. The lowest BCUT2D eigenvalue weighted by Crippen LogP contribution is -2.58. The van der Waals surface area contributed by atoms with Crippen molar-refractivity contribution in [1.29, 1.82) is 0 Å². The number of rotatable bonds is 7. The Morgan fingerprint density at radius 3 is 2.56 bits per heavy atom. The van der Waals surface area contributed by atoms with Crippen LogP contribution < -0.4 is 16.0 Å². The number of nitrogens with one attached hydrogen (secondary N) is 3. The van der Waals surface area contributed by atoms with Gasteiger partial charge in [-0.1, -0.05) is 32.9 Å². The zero-order valence-corrected chi connectivity index (χ0v) is 19.8. The molecule has 3 rings (SSSR count). The Morgan fingerprint density at radius 1 is 1.19 bits per heavy atom. The lowest BCUT2D eigenvalue weighted by atomic mass is 9.74. The average Bonchev–Trinajstić information content (AvgIpc) is 3.36. The number of carbonyl (C=O) groups excluding carboxylic acids is 3. The van der Waals surface area contributed by atoms with Crippen molar-refractivity contribution in [3.8, 4) is 0 Å². The molecule has 0 spiro atoms. The van der Waals surface area contributed by atoms with Crippen LogP contribution in [0, 0.1) is 17.3 Å². The van der Waals surface area contributed by atoms with Crippen LogP contribution in [0.3, 0.4) is 0 Å². The number of likely N-dealkylation sites (tertiary alicyclic amines) is 1. The maximum Gasteiger partial charge on any atom is 0.246 e. The molecule has 3 unspecified atom stereocenters. The van der Waals surface area contributed by atoms with Crippen molar-refractivity contribution < 1.29 is 18.8 Å². The van der Waals surface area contributed by atoms with E-state index in [9.17, 15) is 18.8 Å². The fourth-order valence-electron chi connectivity index (χ4n) is 5.23. The molecule has 7 nitrogen and oxygen atoms in total. The van der Waals surface area contributed by atoms with E-state index >= 15 is 0 Å². The molecule has 32 heavy (non-hydrogen) atoms. The third-order valence-electron chi connectivity index (χ3n) is 7.50. The van der Waals surface area contributed by atoms with Gasteiger partial charge < -0.3 is 20.9 Å². The Bertz CT molecular complexity index is 811. The van der Waals surface area contributed by atoms with Crippen molar-refractivity contribution in [3.63, 3.8) is 0 Å². The van der Waals surface area contributed by atoms with Crippen molar-refractivity contribution in [3.05, 3.63) is 24.1 Å². The number of hydrogen-bond donors (Lipinski definition) is 3. The van der Waals surface area contributed by atoms with Gasteiger partial charge in [-0.2, -0.15) is 0 Å². The van der Waals surface area contributed by atoms with Crippen LogP contribution in [0.4, 0.5) is 4.39 Å². The van der Waals surface area contributed by atoms with Gasteiger partial charge in [-0.3, -0.25) is 14.4 Å². The second kappa shape index (κ2) is 9.73. The Hall–Kier alpha value is -2.22. The van der Waals surface area contributed by atoms with Crippen LogP contribution in [0.1, 0.15) is 53.4 Å². The van der Waals surface area contributed by atoms with Crippen LogP contribution in [0.5, 0.6) is 0 Å². The van der Waals surface area contributed by atoms with E-state index in [0.29, 0.717) is 25.8 Å². The van der Waals surface area contributed by atoms with Gasteiger partial charge in [0.15, 0.2) is 0 Å². The largest absolute Gasteiger partial charge is 0.351 e. The molecule has 6 atom stereocenters. The molecular weight excluding hydrogens is 411 g/mol. The molecule has 3 aliphatic rings. The molecule has 2 aliphatic carbocycles. The molecular formula is C24H37FN4O3. The topological polar surface area (TPSA) is 90.5 Å². The SMILES string of the molecule is CN[C@@H](C)C(=O)N[C@H](C(=O)N1CCC[C@H]1C(=O)NC1CCC2C(F)=CC=CC12C)C(C)C. The first-order valence-electron chi connectivity index (χ1n) is 11.7. The molecule has 3 amide bonds. The summed E-state index contributed by atoms with van der Waals surface area (Å²) < 4.78 is 14.3.